The SMILES string of the molecule is NC(=O)c1ccc(NC(=O)CSc2nc(-c3ccccc3)c(-c3ccccc3)o2)cc1. The first-order valence-electron chi connectivity index (χ1n) is 9.54. The van der Waals surface area contributed by atoms with E-state index in [0.29, 0.717) is 22.2 Å². The van der Waals surface area contributed by atoms with Gasteiger partial charge in [0.05, 0.1) is 5.75 Å². The van der Waals surface area contributed by atoms with Gasteiger partial charge in [-0.25, -0.2) is 4.98 Å². The van der Waals surface area contributed by atoms with Crippen molar-refractivity contribution >= 4 is 29.3 Å². The second-order valence-electron chi connectivity index (χ2n) is 6.67. The smallest absolute Gasteiger partial charge is 0.257 e. The summed E-state index contributed by atoms with van der Waals surface area (Å²) in [5.41, 5.74) is 8.78. The van der Waals surface area contributed by atoms with Gasteiger partial charge in [0, 0.05) is 22.4 Å². The minimum atomic E-state index is -0.513. The Labute approximate surface area is 183 Å². The molecule has 0 aliphatic heterocycles. The van der Waals surface area contributed by atoms with Gasteiger partial charge in [-0.05, 0) is 24.3 Å². The predicted octanol–water partition coefficient (Wildman–Crippen LogP) is 4.84. The van der Waals surface area contributed by atoms with Crippen LogP contribution < -0.4 is 11.1 Å². The lowest BCUT2D eigenvalue weighted by atomic mass is 10.1. The van der Waals surface area contributed by atoms with Gasteiger partial charge in [0.2, 0.25) is 11.8 Å². The summed E-state index contributed by atoms with van der Waals surface area (Å²) in [6, 6.07) is 25.9. The monoisotopic (exact) mass is 429 g/mol. The number of nitrogens with one attached hydrogen (secondary N) is 1. The van der Waals surface area contributed by atoms with Crippen molar-refractivity contribution in [3.05, 3.63) is 90.5 Å². The van der Waals surface area contributed by atoms with Crippen LogP contribution in [0.1, 0.15) is 10.4 Å². The number of oxazole rings is 1. The number of benzene rings is 3. The molecule has 7 heteroatoms. The van der Waals surface area contributed by atoms with E-state index in [-0.39, 0.29) is 11.7 Å². The zero-order chi connectivity index (χ0) is 21.6. The Kier molecular flexibility index (Phi) is 6.14. The molecule has 0 aliphatic carbocycles. The quantitative estimate of drug-likeness (QED) is 0.410. The van der Waals surface area contributed by atoms with Gasteiger partial charge in [-0.1, -0.05) is 72.4 Å². The molecule has 4 rings (SSSR count). The molecule has 3 aromatic carbocycles. The molecule has 4 aromatic rings. The van der Waals surface area contributed by atoms with Gasteiger partial charge >= 0.3 is 0 Å². The van der Waals surface area contributed by atoms with Gasteiger partial charge < -0.3 is 15.5 Å². The van der Waals surface area contributed by atoms with Crippen LogP contribution >= 0.6 is 11.8 Å². The van der Waals surface area contributed by atoms with E-state index >= 15 is 0 Å². The van der Waals surface area contributed by atoms with Crippen molar-refractivity contribution in [3.8, 4) is 22.6 Å². The van der Waals surface area contributed by atoms with Crippen LogP contribution in [0.5, 0.6) is 0 Å². The fourth-order valence-corrected chi connectivity index (χ4v) is 3.61. The third-order valence-electron chi connectivity index (χ3n) is 4.47. The highest BCUT2D eigenvalue weighted by Crippen LogP contribution is 2.35. The number of carbonyl (C=O) groups is 2. The van der Waals surface area contributed by atoms with Crippen LogP contribution in [0.25, 0.3) is 22.6 Å². The predicted molar refractivity (Wildman–Crippen MR) is 122 cm³/mol. The van der Waals surface area contributed by atoms with E-state index in [4.69, 9.17) is 10.2 Å². The summed E-state index contributed by atoms with van der Waals surface area (Å²) in [5, 5.41) is 3.20. The third kappa shape index (κ3) is 5.02. The average molecular weight is 430 g/mol. The summed E-state index contributed by atoms with van der Waals surface area (Å²) in [6.45, 7) is 0. The first-order valence-corrected chi connectivity index (χ1v) is 10.5. The van der Waals surface area contributed by atoms with E-state index in [1.807, 2.05) is 60.7 Å². The Bertz CT molecular complexity index is 1130. The summed E-state index contributed by atoms with van der Waals surface area (Å²) in [5.74, 6) is 0.0654. The number of carbonyl (C=O) groups excluding carboxylic acids is 2. The number of nitrogens with two attached hydrogens (primary N) is 1. The molecular weight excluding hydrogens is 410 g/mol. The molecule has 3 N–H and O–H groups in total. The maximum Gasteiger partial charge on any atom is 0.257 e. The second kappa shape index (κ2) is 9.32. The van der Waals surface area contributed by atoms with Crippen LogP contribution in [-0.4, -0.2) is 22.6 Å². The zero-order valence-corrected chi connectivity index (χ0v) is 17.3. The number of hydrogen-bond acceptors (Lipinski definition) is 5. The van der Waals surface area contributed by atoms with Gasteiger partial charge in [-0.3, -0.25) is 9.59 Å². The topological polar surface area (TPSA) is 98.2 Å². The highest BCUT2D eigenvalue weighted by atomic mass is 32.2. The number of primary amides is 1. The van der Waals surface area contributed by atoms with Gasteiger partial charge in [0.15, 0.2) is 5.76 Å². The highest BCUT2D eigenvalue weighted by molar-refractivity contribution is 7.99. The van der Waals surface area contributed by atoms with Gasteiger partial charge in [-0.2, -0.15) is 0 Å². The largest absolute Gasteiger partial charge is 0.431 e. The minimum Gasteiger partial charge on any atom is -0.431 e. The Morgan fingerprint density at radius 1 is 0.871 bits per heavy atom. The van der Waals surface area contributed by atoms with Gasteiger partial charge in [0.25, 0.3) is 5.22 Å². The van der Waals surface area contributed by atoms with Crippen molar-refractivity contribution in [1.29, 1.82) is 0 Å². The molecule has 6 nitrogen and oxygen atoms in total. The lowest BCUT2D eigenvalue weighted by Crippen LogP contribution is -2.15. The van der Waals surface area contributed by atoms with Crippen LogP contribution in [0.4, 0.5) is 5.69 Å². The van der Waals surface area contributed by atoms with Crippen molar-refractivity contribution in [2.45, 2.75) is 5.22 Å². The summed E-state index contributed by atoms with van der Waals surface area (Å²) in [4.78, 5) is 28.1. The molecular formula is C24H19N3O3S. The van der Waals surface area contributed by atoms with Crippen molar-refractivity contribution in [2.24, 2.45) is 5.73 Å². The molecule has 1 heterocycles. The van der Waals surface area contributed by atoms with Crippen LogP contribution in [0.15, 0.2) is 94.6 Å². The second-order valence-corrected chi connectivity index (χ2v) is 7.59. The number of aromatic nitrogens is 1. The molecule has 0 aliphatic rings. The van der Waals surface area contributed by atoms with E-state index in [0.717, 1.165) is 16.8 Å². The molecule has 0 fully saturated rings. The average Bonchev–Trinajstić information content (AvgIpc) is 3.24. The van der Waals surface area contributed by atoms with Crippen LogP contribution in [0.3, 0.4) is 0 Å². The van der Waals surface area contributed by atoms with Gasteiger partial charge in [-0.15, -0.1) is 0 Å². The molecule has 0 radical (unpaired) electrons. The maximum absolute atomic E-state index is 12.3. The first-order chi connectivity index (χ1) is 15.1. The normalized spacial score (nSPS) is 10.6. The molecule has 2 amide bonds. The minimum absolute atomic E-state index is 0.126. The Hall–Kier alpha value is -3.84. The molecule has 154 valence electrons. The summed E-state index contributed by atoms with van der Waals surface area (Å²) < 4.78 is 6.02. The van der Waals surface area contributed by atoms with Crippen molar-refractivity contribution in [1.82, 2.24) is 4.98 Å². The first kappa shape index (κ1) is 20.4. The van der Waals surface area contributed by atoms with Crippen molar-refractivity contribution in [2.75, 3.05) is 11.1 Å². The lowest BCUT2D eigenvalue weighted by molar-refractivity contribution is -0.113. The molecule has 0 atom stereocenters. The number of rotatable bonds is 7. The molecule has 0 unspecified atom stereocenters. The maximum atomic E-state index is 12.3. The summed E-state index contributed by atoms with van der Waals surface area (Å²) in [6.07, 6.45) is 0. The molecule has 1 aromatic heterocycles. The highest BCUT2D eigenvalue weighted by Gasteiger charge is 2.18. The zero-order valence-electron chi connectivity index (χ0n) is 16.4. The Balaban J connectivity index is 1.49. The van der Waals surface area contributed by atoms with Crippen LogP contribution in [0, 0.1) is 0 Å². The van der Waals surface area contributed by atoms with Crippen molar-refractivity contribution in [3.63, 3.8) is 0 Å². The molecule has 0 bridgehead atoms. The standard InChI is InChI=1S/C24H19N3O3S/c25-23(29)18-11-13-19(14-12-18)26-20(28)15-31-24-27-21(16-7-3-1-4-8-16)22(30-24)17-9-5-2-6-10-17/h1-14H,15H2,(H2,25,29)(H,26,28). The van der Waals surface area contributed by atoms with E-state index in [2.05, 4.69) is 10.3 Å². The molecule has 0 saturated heterocycles. The van der Waals surface area contributed by atoms with Crippen LogP contribution in [-0.2, 0) is 4.79 Å². The Morgan fingerprint density at radius 3 is 2.10 bits per heavy atom. The van der Waals surface area contributed by atoms with E-state index < -0.39 is 5.91 Å². The van der Waals surface area contributed by atoms with Gasteiger partial charge in [0.1, 0.15) is 5.69 Å². The lowest BCUT2D eigenvalue weighted by Gasteiger charge is -2.04. The van der Waals surface area contributed by atoms with E-state index in [1.54, 1.807) is 24.3 Å². The fraction of sp³-hybridized carbons (Fsp3) is 0.0417. The van der Waals surface area contributed by atoms with E-state index in [9.17, 15) is 9.59 Å². The van der Waals surface area contributed by atoms with E-state index in [1.165, 1.54) is 11.8 Å². The molecule has 0 spiro atoms. The number of hydrogen-bond donors (Lipinski definition) is 2. The summed E-state index contributed by atoms with van der Waals surface area (Å²) in [7, 11) is 0. The van der Waals surface area contributed by atoms with Crippen LogP contribution in [0.2, 0.25) is 0 Å². The molecule has 0 saturated carbocycles. The summed E-state index contributed by atoms with van der Waals surface area (Å²) >= 11 is 1.22. The Morgan fingerprint density at radius 2 is 1.48 bits per heavy atom. The third-order valence-corrected chi connectivity index (χ3v) is 5.30. The number of anilines is 1. The fourth-order valence-electron chi connectivity index (χ4n) is 2.98. The molecule has 31 heavy (non-hydrogen) atoms. The number of thioether (sulfide) groups is 1. The number of amides is 2. The van der Waals surface area contributed by atoms with Crippen molar-refractivity contribution < 1.29 is 14.0 Å². The number of nitrogens with zero attached hydrogens (tertiary/aromatic N) is 1.